The van der Waals surface area contributed by atoms with Crippen LogP contribution in [0.3, 0.4) is 0 Å². The molecule has 5 nitrogen and oxygen atoms in total. The van der Waals surface area contributed by atoms with Gasteiger partial charge in [0.1, 0.15) is 12.4 Å². The van der Waals surface area contributed by atoms with Crippen molar-refractivity contribution in [2.45, 2.75) is 6.61 Å². The van der Waals surface area contributed by atoms with Gasteiger partial charge in [-0.3, -0.25) is 0 Å². The number of hydrazone groups is 1. The van der Waals surface area contributed by atoms with Gasteiger partial charge < -0.3 is 20.1 Å². The maximum absolute atomic E-state index is 5.82. The van der Waals surface area contributed by atoms with Gasteiger partial charge in [0, 0.05) is 0 Å². The van der Waals surface area contributed by atoms with Crippen LogP contribution in [-0.4, -0.2) is 20.4 Å². The summed E-state index contributed by atoms with van der Waals surface area (Å²) in [6.45, 7) is 0.413. The summed E-state index contributed by atoms with van der Waals surface area (Å²) >= 11 is 0. The zero-order chi connectivity index (χ0) is 15.1. The van der Waals surface area contributed by atoms with Crippen molar-refractivity contribution >= 4 is 6.21 Å². The highest BCUT2D eigenvalue weighted by Crippen LogP contribution is 2.28. The molecule has 0 unspecified atom stereocenters. The van der Waals surface area contributed by atoms with Crippen LogP contribution < -0.4 is 20.1 Å². The van der Waals surface area contributed by atoms with Gasteiger partial charge in [0.05, 0.1) is 20.4 Å². The number of benzene rings is 2. The van der Waals surface area contributed by atoms with Crippen molar-refractivity contribution in [3.8, 4) is 17.2 Å². The van der Waals surface area contributed by atoms with Crippen LogP contribution in [0.25, 0.3) is 0 Å². The second-order valence-corrected chi connectivity index (χ2v) is 4.33. The van der Waals surface area contributed by atoms with Gasteiger partial charge in [-0.25, -0.2) is 0 Å². The topological polar surface area (TPSA) is 66.1 Å². The first-order valence-corrected chi connectivity index (χ1v) is 6.44. The van der Waals surface area contributed by atoms with Crippen molar-refractivity contribution in [3.05, 3.63) is 53.6 Å². The molecule has 0 spiro atoms. The van der Waals surface area contributed by atoms with Crippen LogP contribution >= 0.6 is 0 Å². The summed E-state index contributed by atoms with van der Waals surface area (Å²) in [6, 6.07) is 13.2. The second-order valence-electron chi connectivity index (χ2n) is 4.33. The lowest BCUT2D eigenvalue weighted by Gasteiger charge is -2.12. The Morgan fingerprint density at radius 1 is 1.05 bits per heavy atom. The fourth-order valence-corrected chi connectivity index (χ4v) is 1.90. The van der Waals surface area contributed by atoms with Crippen molar-refractivity contribution in [3.63, 3.8) is 0 Å². The van der Waals surface area contributed by atoms with E-state index in [9.17, 15) is 0 Å². The number of ether oxygens (including phenoxy) is 3. The molecule has 0 aliphatic rings. The van der Waals surface area contributed by atoms with Crippen LogP contribution in [0.15, 0.2) is 47.6 Å². The van der Waals surface area contributed by atoms with E-state index in [2.05, 4.69) is 5.10 Å². The zero-order valence-corrected chi connectivity index (χ0v) is 12.1. The molecule has 0 amide bonds. The van der Waals surface area contributed by atoms with Gasteiger partial charge in [-0.05, 0) is 41.5 Å². The predicted octanol–water partition coefficient (Wildman–Crippen LogP) is 2.58. The van der Waals surface area contributed by atoms with Gasteiger partial charge >= 0.3 is 0 Å². The monoisotopic (exact) mass is 286 g/mol. The summed E-state index contributed by atoms with van der Waals surface area (Å²) in [4.78, 5) is 0. The van der Waals surface area contributed by atoms with Crippen LogP contribution in [0.4, 0.5) is 0 Å². The second kappa shape index (κ2) is 7.19. The summed E-state index contributed by atoms with van der Waals surface area (Å²) in [6.07, 6.45) is 1.55. The molecule has 2 aromatic rings. The van der Waals surface area contributed by atoms with Gasteiger partial charge in [-0.1, -0.05) is 12.1 Å². The van der Waals surface area contributed by atoms with Gasteiger partial charge in [0.15, 0.2) is 11.5 Å². The first-order valence-electron chi connectivity index (χ1n) is 6.44. The van der Waals surface area contributed by atoms with Gasteiger partial charge in [0.25, 0.3) is 0 Å². The van der Waals surface area contributed by atoms with Crippen molar-refractivity contribution < 1.29 is 14.2 Å². The fourth-order valence-electron chi connectivity index (χ4n) is 1.90. The SMILES string of the molecule is COc1cccc(COc2cc(C=NN)ccc2OC)c1. The highest BCUT2D eigenvalue weighted by molar-refractivity contribution is 5.80. The minimum Gasteiger partial charge on any atom is -0.497 e. The Morgan fingerprint density at radius 2 is 1.90 bits per heavy atom. The first kappa shape index (κ1) is 14.7. The third-order valence-corrected chi connectivity index (χ3v) is 2.94. The minimum atomic E-state index is 0.413. The molecular formula is C16H18N2O3. The van der Waals surface area contributed by atoms with Crippen LogP contribution in [0, 0.1) is 0 Å². The number of nitrogens with zero attached hydrogens (tertiary/aromatic N) is 1. The smallest absolute Gasteiger partial charge is 0.162 e. The van der Waals surface area contributed by atoms with Crippen molar-refractivity contribution in [2.24, 2.45) is 10.9 Å². The molecule has 0 bridgehead atoms. The van der Waals surface area contributed by atoms with E-state index >= 15 is 0 Å². The Hall–Kier alpha value is -2.69. The first-order chi connectivity index (χ1) is 10.3. The van der Waals surface area contributed by atoms with E-state index in [1.54, 1.807) is 20.4 Å². The molecule has 0 radical (unpaired) electrons. The largest absolute Gasteiger partial charge is 0.497 e. The van der Waals surface area contributed by atoms with Gasteiger partial charge in [-0.15, -0.1) is 0 Å². The molecule has 0 atom stereocenters. The zero-order valence-electron chi connectivity index (χ0n) is 12.1. The number of rotatable bonds is 6. The summed E-state index contributed by atoms with van der Waals surface area (Å²) in [5.41, 5.74) is 1.85. The normalized spacial score (nSPS) is 10.6. The number of hydrogen-bond acceptors (Lipinski definition) is 5. The Morgan fingerprint density at radius 3 is 2.62 bits per heavy atom. The van der Waals surface area contributed by atoms with E-state index in [4.69, 9.17) is 20.1 Å². The van der Waals surface area contributed by atoms with Gasteiger partial charge in [-0.2, -0.15) is 5.10 Å². The molecule has 2 N–H and O–H groups in total. The van der Waals surface area contributed by atoms with Crippen LogP contribution in [0.2, 0.25) is 0 Å². The molecule has 0 fully saturated rings. The average Bonchev–Trinajstić information content (AvgIpc) is 2.53. The standard InChI is InChI=1S/C16H18N2O3/c1-19-14-5-3-4-13(8-14)11-21-16-9-12(10-18-17)6-7-15(16)20-2/h3-10H,11,17H2,1-2H3. The van der Waals surface area contributed by atoms with Crippen LogP contribution in [-0.2, 0) is 6.61 Å². The van der Waals surface area contributed by atoms with E-state index < -0.39 is 0 Å². The number of nitrogens with two attached hydrogens (primary N) is 1. The molecule has 0 aliphatic heterocycles. The highest BCUT2D eigenvalue weighted by atomic mass is 16.5. The third kappa shape index (κ3) is 3.89. The summed E-state index contributed by atoms with van der Waals surface area (Å²) in [5, 5.41) is 3.51. The lowest BCUT2D eigenvalue weighted by atomic mass is 10.2. The van der Waals surface area contributed by atoms with Crippen molar-refractivity contribution in [1.29, 1.82) is 0 Å². The maximum atomic E-state index is 5.82. The maximum Gasteiger partial charge on any atom is 0.162 e. The van der Waals surface area contributed by atoms with Gasteiger partial charge in [0.2, 0.25) is 0 Å². The lowest BCUT2D eigenvalue weighted by Crippen LogP contribution is -1.99. The number of hydrogen-bond donors (Lipinski definition) is 1. The summed E-state index contributed by atoms with van der Waals surface area (Å²) in [7, 11) is 3.24. The quantitative estimate of drug-likeness (QED) is 0.503. The van der Waals surface area contributed by atoms with Crippen molar-refractivity contribution in [1.82, 2.24) is 0 Å². The van der Waals surface area contributed by atoms with Crippen LogP contribution in [0.5, 0.6) is 17.2 Å². The van der Waals surface area contributed by atoms with Crippen molar-refractivity contribution in [2.75, 3.05) is 14.2 Å². The number of methoxy groups -OCH3 is 2. The fraction of sp³-hybridized carbons (Fsp3) is 0.188. The van der Waals surface area contributed by atoms with Crippen LogP contribution in [0.1, 0.15) is 11.1 Å². The molecular weight excluding hydrogens is 268 g/mol. The molecule has 0 saturated heterocycles. The molecule has 0 aliphatic carbocycles. The van der Waals surface area contributed by atoms with E-state index in [0.717, 1.165) is 16.9 Å². The Balaban J connectivity index is 2.15. The summed E-state index contributed by atoms with van der Waals surface area (Å²) in [5.74, 6) is 7.26. The molecule has 2 rings (SSSR count). The Bertz CT molecular complexity index is 627. The molecule has 0 aromatic heterocycles. The molecule has 21 heavy (non-hydrogen) atoms. The third-order valence-electron chi connectivity index (χ3n) is 2.94. The molecule has 0 saturated carbocycles. The average molecular weight is 286 g/mol. The molecule has 0 heterocycles. The predicted molar refractivity (Wildman–Crippen MR) is 82.1 cm³/mol. The van der Waals surface area contributed by atoms with E-state index in [1.165, 1.54) is 0 Å². The molecule has 5 heteroatoms. The lowest BCUT2D eigenvalue weighted by molar-refractivity contribution is 0.284. The van der Waals surface area contributed by atoms with E-state index in [1.807, 2.05) is 42.5 Å². The summed E-state index contributed by atoms with van der Waals surface area (Å²) < 4.78 is 16.3. The highest BCUT2D eigenvalue weighted by Gasteiger charge is 2.06. The Kier molecular flexibility index (Phi) is 5.04. The minimum absolute atomic E-state index is 0.413. The van der Waals surface area contributed by atoms with E-state index in [-0.39, 0.29) is 0 Å². The molecule has 2 aromatic carbocycles. The van der Waals surface area contributed by atoms with E-state index in [0.29, 0.717) is 18.1 Å². The molecule has 110 valence electrons. The Labute approximate surface area is 123 Å².